The van der Waals surface area contributed by atoms with Gasteiger partial charge in [0.15, 0.2) is 6.29 Å². The summed E-state index contributed by atoms with van der Waals surface area (Å²) in [6.07, 6.45) is -2.08. The van der Waals surface area contributed by atoms with Crippen LogP contribution in [0.5, 0.6) is 0 Å². The van der Waals surface area contributed by atoms with Gasteiger partial charge in [-0.1, -0.05) is 16.8 Å². The van der Waals surface area contributed by atoms with Crippen LogP contribution in [0, 0.1) is 0 Å². The Bertz CT molecular complexity index is 707. The number of hydrogen-bond acceptors (Lipinski definition) is 3. The average Bonchev–Trinajstić information content (AvgIpc) is 3.17. The van der Waals surface area contributed by atoms with E-state index in [9.17, 15) is 18.0 Å². The SMILES string of the molecule is O=Cc1nnn(-c2ccc(C(F)(F)F)cc2Cl)c1C1CC1. The van der Waals surface area contributed by atoms with Crippen LogP contribution in [0.25, 0.3) is 5.69 Å². The minimum absolute atomic E-state index is 0.0888. The molecule has 0 aliphatic heterocycles. The lowest BCUT2D eigenvalue weighted by Gasteiger charge is -2.11. The Balaban J connectivity index is 2.09. The van der Waals surface area contributed by atoms with E-state index in [0.717, 1.165) is 25.0 Å². The summed E-state index contributed by atoms with van der Waals surface area (Å²) in [6, 6.07) is 3.01. The number of nitrogens with zero attached hydrogens (tertiary/aromatic N) is 3. The molecule has 0 unspecified atom stereocenters. The second-order valence-corrected chi connectivity index (χ2v) is 5.24. The molecule has 0 radical (unpaired) electrons. The quantitative estimate of drug-likeness (QED) is 0.813. The Kier molecular flexibility index (Phi) is 3.24. The van der Waals surface area contributed by atoms with Gasteiger partial charge in [0.25, 0.3) is 0 Å². The van der Waals surface area contributed by atoms with Crippen LogP contribution in [-0.2, 0) is 6.18 Å². The zero-order valence-electron chi connectivity index (χ0n) is 10.6. The van der Waals surface area contributed by atoms with Crippen molar-refractivity contribution in [2.45, 2.75) is 24.9 Å². The second kappa shape index (κ2) is 4.84. The van der Waals surface area contributed by atoms with E-state index in [-0.39, 0.29) is 22.3 Å². The molecule has 0 saturated heterocycles. The molecule has 2 aromatic rings. The van der Waals surface area contributed by atoms with Crippen molar-refractivity contribution in [3.8, 4) is 5.69 Å². The number of aldehydes is 1. The first-order valence-corrected chi connectivity index (χ1v) is 6.57. The van der Waals surface area contributed by atoms with E-state index in [0.29, 0.717) is 12.0 Å². The fourth-order valence-corrected chi connectivity index (χ4v) is 2.42. The number of rotatable bonds is 3. The summed E-state index contributed by atoms with van der Waals surface area (Å²) in [7, 11) is 0. The summed E-state index contributed by atoms with van der Waals surface area (Å²) in [4.78, 5) is 11.0. The highest BCUT2D eigenvalue weighted by molar-refractivity contribution is 6.32. The molecule has 0 N–H and O–H groups in total. The van der Waals surface area contributed by atoms with E-state index < -0.39 is 11.7 Å². The van der Waals surface area contributed by atoms with Gasteiger partial charge in [0.05, 0.1) is 22.0 Å². The second-order valence-electron chi connectivity index (χ2n) is 4.83. The molecule has 1 aromatic heterocycles. The van der Waals surface area contributed by atoms with E-state index in [4.69, 9.17) is 11.6 Å². The van der Waals surface area contributed by atoms with E-state index in [1.165, 1.54) is 10.7 Å². The van der Waals surface area contributed by atoms with Gasteiger partial charge in [-0.15, -0.1) is 5.10 Å². The average molecular weight is 316 g/mol. The molecule has 110 valence electrons. The minimum Gasteiger partial charge on any atom is -0.296 e. The maximum atomic E-state index is 12.6. The molecule has 0 amide bonds. The summed E-state index contributed by atoms with van der Waals surface area (Å²) in [6.45, 7) is 0. The van der Waals surface area contributed by atoms with Crippen LogP contribution in [-0.4, -0.2) is 21.3 Å². The van der Waals surface area contributed by atoms with Crippen molar-refractivity contribution in [2.75, 3.05) is 0 Å². The zero-order valence-corrected chi connectivity index (χ0v) is 11.3. The molecule has 1 aromatic carbocycles. The van der Waals surface area contributed by atoms with Gasteiger partial charge in [-0.25, -0.2) is 4.68 Å². The Morgan fingerprint density at radius 3 is 2.57 bits per heavy atom. The normalized spacial score (nSPS) is 15.2. The molecule has 21 heavy (non-hydrogen) atoms. The van der Waals surface area contributed by atoms with E-state index in [1.54, 1.807) is 0 Å². The number of alkyl halides is 3. The van der Waals surface area contributed by atoms with Crippen LogP contribution in [0.2, 0.25) is 5.02 Å². The zero-order chi connectivity index (χ0) is 15.2. The molecule has 0 bridgehead atoms. The van der Waals surface area contributed by atoms with Crippen LogP contribution < -0.4 is 0 Å². The fourth-order valence-electron chi connectivity index (χ4n) is 2.16. The third kappa shape index (κ3) is 2.53. The molecule has 3 rings (SSSR count). The lowest BCUT2D eigenvalue weighted by molar-refractivity contribution is -0.137. The first kappa shape index (κ1) is 14.1. The van der Waals surface area contributed by atoms with Crippen molar-refractivity contribution in [2.24, 2.45) is 0 Å². The van der Waals surface area contributed by atoms with Gasteiger partial charge in [0.1, 0.15) is 5.69 Å². The topological polar surface area (TPSA) is 47.8 Å². The highest BCUT2D eigenvalue weighted by Gasteiger charge is 2.34. The molecule has 8 heteroatoms. The first-order valence-electron chi connectivity index (χ1n) is 6.19. The summed E-state index contributed by atoms with van der Waals surface area (Å²) in [5.41, 5.74) is 0.257. The molecular weight excluding hydrogens is 307 g/mol. The lowest BCUT2D eigenvalue weighted by atomic mass is 10.2. The third-order valence-corrected chi connectivity index (χ3v) is 3.61. The van der Waals surface area contributed by atoms with Crippen molar-refractivity contribution >= 4 is 17.9 Å². The van der Waals surface area contributed by atoms with E-state index >= 15 is 0 Å². The number of benzene rings is 1. The highest BCUT2D eigenvalue weighted by Crippen LogP contribution is 2.42. The van der Waals surface area contributed by atoms with Gasteiger partial charge in [-0.2, -0.15) is 13.2 Å². The van der Waals surface area contributed by atoms with Crippen molar-refractivity contribution < 1.29 is 18.0 Å². The van der Waals surface area contributed by atoms with Gasteiger partial charge in [0.2, 0.25) is 0 Å². The summed E-state index contributed by atoms with van der Waals surface area (Å²) >= 11 is 5.94. The maximum absolute atomic E-state index is 12.6. The van der Waals surface area contributed by atoms with Crippen LogP contribution in [0.4, 0.5) is 13.2 Å². The number of hydrogen-bond donors (Lipinski definition) is 0. The summed E-state index contributed by atoms with van der Waals surface area (Å²) < 4.78 is 39.3. The van der Waals surface area contributed by atoms with Crippen molar-refractivity contribution in [1.82, 2.24) is 15.0 Å². The van der Waals surface area contributed by atoms with E-state index in [2.05, 4.69) is 10.3 Å². The first-order chi connectivity index (χ1) is 9.91. The predicted molar refractivity (Wildman–Crippen MR) is 68.7 cm³/mol. The molecule has 0 atom stereocenters. The van der Waals surface area contributed by atoms with Crippen LogP contribution in [0.3, 0.4) is 0 Å². The highest BCUT2D eigenvalue weighted by atomic mass is 35.5. The number of aromatic nitrogens is 3. The predicted octanol–water partition coefficient (Wildman–Crippen LogP) is 3.63. The molecule has 0 spiro atoms. The van der Waals surface area contributed by atoms with Crippen molar-refractivity contribution in [1.29, 1.82) is 0 Å². The Morgan fingerprint density at radius 1 is 1.33 bits per heavy atom. The molecule has 1 heterocycles. The molecule has 1 aliphatic rings. The molecule has 4 nitrogen and oxygen atoms in total. The van der Waals surface area contributed by atoms with Gasteiger partial charge in [-0.3, -0.25) is 4.79 Å². The van der Waals surface area contributed by atoms with Crippen molar-refractivity contribution in [3.05, 3.63) is 40.2 Å². The number of halogens is 4. The van der Waals surface area contributed by atoms with Gasteiger partial charge < -0.3 is 0 Å². The Labute approximate surface area is 122 Å². The summed E-state index contributed by atoms with van der Waals surface area (Å²) in [5.74, 6) is 0.151. The fraction of sp³-hybridized carbons (Fsp3) is 0.308. The van der Waals surface area contributed by atoms with E-state index in [1.807, 2.05) is 0 Å². The smallest absolute Gasteiger partial charge is 0.296 e. The molecule has 1 fully saturated rings. The van der Waals surface area contributed by atoms with Crippen LogP contribution in [0.15, 0.2) is 18.2 Å². The monoisotopic (exact) mass is 315 g/mol. The van der Waals surface area contributed by atoms with Crippen LogP contribution >= 0.6 is 11.6 Å². The molecule has 1 saturated carbocycles. The summed E-state index contributed by atoms with van der Waals surface area (Å²) in [5, 5.41) is 7.50. The Morgan fingerprint density at radius 2 is 2.05 bits per heavy atom. The van der Waals surface area contributed by atoms with Crippen LogP contribution in [0.1, 0.15) is 40.5 Å². The Hall–Kier alpha value is -1.89. The van der Waals surface area contributed by atoms with Crippen molar-refractivity contribution in [3.63, 3.8) is 0 Å². The van der Waals surface area contributed by atoms with Gasteiger partial charge in [0, 0.05) is 5.92 Å². The number of carbonyl (C=O) groups is 1. The molecular formula is C13H9ClF3N3O. The largest absolute Gasteiger partial charge is 0.416 e. The number of carbonyl (C=O) groups excluding carboxylic acids is 1. The maximum Gasteiger partial charge on any atom is 0.416 e. The lowest BCUT2D eigenvalue weighted by Crippen LogP contribution is -2.07. The van der Waals surface area contributed by atoms with Gasteiger partial charge in [-0.05, 0) is 31.0 Å². The third-order valence-electron chi connectivity index (χ3n) is 3.31. The minimum atomic E-state index is -4.46. The van der Waals surface area contributed by atoms with Gasteiger partial charge >= 0.3 is 6.18 Å². The standard InChI is InChI=1S/C13H9ClF3N3O/c14-9-5-8(13(15,16)17)3-4-11(9)20-12(7-1-2-7)10(6-21)18-19-20/h3-7H,1-2H2. The molecule has 1 aliphatic carbocycles.